The molecule has 1 N–H and O–H groups in total. The standard InChI is InChI=1S/C20H34N2O4/c1-4-14-25-15-11-19(23)21-12-7-5-6-10-20(24)22-13-8-9-18(22)16-26-17(2)3/h1,17-18H,5-16H2,2-3H3,(H,21,23)/t18-/m0/s1. The SMILES string of the molecule is C#CCOCCC(=O)NCCCCCC(=O)N1CCC[C@H]1COC(C)C. The van der Waals surface area contributed by atoms with Crippen LogP contribution in [0.5, 0.6) is 0 Å². The minimum Gasteiger partial charge on any atom is -0.377 e. The summed E-state index contributed by atoms with van der Waals surface area (Å²) in [5, 5.41) is 2.85. The second-order valence-corrected chi connectivity index (χ2v) is 6.93. The molecule has 0 bridgehead atoms. The average Bonchev–Trinajstić information content (AvgIpc) is 3.08. The molecular weight excluding hydrogens is 332 g/mol. The molecule has 1 saturated heterocycles. The van der Waals surface area contributed by atoms with Gasteiger partial charge in [0.05, 0.1) is 31.8 Å². The molecule has 26 heavy (non-hydrogen) atoms. The summed E-state index contributed by atoms with van der Waals surface area (Å²) < 4.78 is 10.7. The van der Waals surface area contributed by atoms with E-state index < -0.39 is 0 Å². The number of hydrogen-bond donors (Lipinski definition) is 1. The van der Waals surface area contributed by atoms with Gasteiger partial charge in [-0.05, 0) is 39.5 Å². The lowest BCUT2D eigenvalue weighted by atomic mass is 10.1. The monoisotopic (exact) mass is 366 g/mol. The number of carbonyl (C=O) groups excluding carboxylic acids is 2. The maximum Gasteiger partial charge on any atom is 0.222 e. The maximum atomic E-state index is 12.4. The van der Waals surface area contributed by atoms with Gasteiger partial charge in [0.2, 0.25) is 11.8 Å². The van der Waals surface area contributed by atoms with Gasteiger partial charge in [0.15, 0.2) is 0 Å². The number of ether oxygens (including phenoxy) is 2. The Hall–Kier alpha value is -1.58. The Balaban J connectivity index is 2.05. The summed E-state index contributed by atoms with van der Waals surface area (Å²) >= 11 is 0. The normalized spacial score (nSPS) is 16.7. The molecule has 2 amide bonds. The third kappa shape index (κ3) is 9.79. The van der Waals surface area contributed by atoms with E-state index in [1.54, 1.807) is 0 Å². The van der Waals surface area contributed by atoms with Crippen molar-refractivity contribution in [2.75, 3.05) is 32.9 Å². The maximum absolute atomic E-state index is 12.4. The van der Waals surface area contributed by atoms with Crippen molar-refractivity contribution < 1.29 is 19.1 Å². The van der Waals surface area contributed by atoms with Crippen molar-refractivity contribution in [1.29, 1.82) is 0 Å². The Morgan fingerprint density at radius 1 is 1.27 bits per heavy atom. The minimum atomic E-state index is -0.0249. The number of terminal acetylenes is 1. The van der Waals surface area contributed by atoms with Crippen molar-refractivity contribution in [2.24, 2.45) is 0 Å². The Bertz CT molecular complexity index is 459. The summed E-state index contributed by atoms with van der Waals surface area (Å²) in [4.78, 5) is 25.9. The van der Waals surface area contributed by atoms with Crippen LogP contribution in [-0.2, 0) is 19.1 Å². The predicted molar refractivity (Wildman–Crippen MR) is 102 cm³/mol. The van der Waals surface area contributed by atoms with Gasteiger partial charge < -0.3 is 19.7 Å². The largest absolute Gasteiger partial charge is 0.377 e. The van der Waals surface area contributed by atoms with E-state index in [0.717, 1.165) is 38.6 Å². The van der Waals surface area contributed by atoms with E-state index in [9.17, 15) is 9.59 Å². The average molecular weight is 367 g/mol. The van der Waals surface area contributed by atoms with Crippen LogP contribution in [0.1, 0.15) is 58.8 Å². The molecule has 0 saturated carbocycles. The molecule has 6 nitrogen and oxygen atoms in total. The van der Waals surface area contributed by atoms with Crippen LogP contribution in [0.25, 0.3) is 0 Å². The lowest BCUT2D eigenvalue weighted by Crippen LogP contribution is -2.38. The summed E-state index contributed by atoms with van der Waals surface area (Å²) in [5.41, 5.74) is 0. The molecule has 1 atom stereocenters. The molecule has 1 fully saturated rings. The molecule has 0 aliphatic carbocycles. The highest BCUT2D eigenvalue weighted by atomic mass is 16.5. The van der Waals surface area contributed by atoms with Gasteiger partial charge in [-0.3, -0.25) is 9.59 Å². The van der Waals surface area contributed by atoms with Crippen LogP contribution in [0.4, 0.5) is 0 Å². The van der Waals surface area contributed by atoms with Crippen molar-refractivity contribution in [2.45, 2.75) is 70.9 Å². The number of carbonyl (C=O) groups is 2. The van der Waals surface area contributed by atoms with E-state index in [2.05, 4.69) is 11.2 Å². The highest BCUT2D eigenvalue weighted by Crippen LogP contribution is 2.20. The van der Waals surface area contributed by atoms with Gasteiger partial charge >= 0.3 is 0 Å². The topological polar surface area (TPSA) is 67.9 Å². The van der Waals surface area contributed by atoms with E-state index in [0.29, 0.717) is 32.6 Å². The van der Waals surface area contributed by atoms with E-state index in [-0.39, 0.29) is 30.6 Å². The molecular formula is C20H34N2O4. The van der Waals surface area contributed by atoms with E-state index in [1.807, 2.05) is 18.7 Å². The zero-order valence-corrected chi connectivity index (χ0v) is 16.3. The third-order valence-electron chi connectivity index (χ3n) is 4.37. The van der Waals surface area contributed by atoms with E-state index in [4.69, 9.17) is 15.9 Å². The second-order valence-electron chi connectivity index (χ2n) is 6.93. The van der Waals surface area contributed by atoms with Crippen LogP contribution in [0.2, 0.25) is 0 Å². The molecule has 1 rings (SSSR count). The van der Waals surface area contributed by atoms with Crippen LogP contribution < -0.4 is 5.32 Å². The molecule has 6 heteroatoms. The number of nitrogens with one attached hydrogen (secondary N) is 1. The lowest BCUT2D eigenvalue weighted by Gasteiger charge is -2.25. The van der Waals surface area contributed by atoms with E-state index >= 15 is 0 Å². The number of nitrogens with zero attached hydrogens (tertiary/aromatic N) is 1. The van der Waals surface area contributed by atoms with Gasteiger partial charge in [0, 0.05) is 19.5 Å². The van der Waals surface area contributed by atoms with Crippen molar-refractivity contribution in [3.8, 4) is 12.3 Å². The van der Waals surface area contributed by atoms with Crippen molar-refractivity contribution in [1.82, 2.24) is 10.2 Å². The van der Waals surface area contributed by atoms with Crippen LogP contribution in [0, 0.1) is 12.3 Å². The van der Waals surface area contributed by atoms with Gasteiger partial charge in [-0.25, -0.2) is 0 Å². The molecule has 0 unspecified atom stereocenters. The smallest absolute Gasteiger partial charge is 0.222 e. The minimum absolute atomic E-state index is 0.0249. The van der Waals surface area contributed by atoms with Gasteiger partial charge in [-0.1, -0.05) is 12.3 Å². The Morgan fingerprint density at radius 2 is 2.08 bits per heavy atom. The molecule has 0 aromatic rings. The molecule has 0 radical (unpaired) electrons. The molecule has 0 aromatic heterocycles. The predicted octanol–water partition coefficient (Wildman–Crippen LogP) is 2.12. The Kier molecular flexibility index (Phi) is 11.7. The molecule has 148 valence electrons. The summed E-state index contributed by atoms with van der Waals surface area (Å²) in [6.45, 7) is 6.75. The fourth-order valence-electron chi connectivity index (χ4n) is 2.97. The van der Waals surface area contributed by atoms with Gasteiger partial charge in [-0.2, -0.15) is 0 Å². The van der Waals surface area contributed by atoms with Crippen LogP contribution in [-0.4, -0.2) is 61.8 Å². The van der Waals surface area contributed by atoms with Crippen LogP contribution in [0.15, 0.2) is 0 Å². The van der Waals surface area contributed by atoms with Crippen molar-refractivity contribution in [3.05, 3.63) is 0 Å². The first-order chi connectivity index (χ1) is 12.5. The fourth-order valence-corrected chi connectivity index (χ4v) is 2.97. The highest BCUT2D eigenvalue weighted by molar-refractivity contribution is 5.77. The summed E-state index contributed by atoms with van der Waals surface area (Å²) in [6.07, 6.45) is 10.9. The number of rotatable bonds is 13. The Labute approximate surface area is 158 Å². The fraction of sp³-hybridized carbons (Fsp3) is 0.800. The van der Waals surface area contributed by atoms with Crippen LogP contribution in [0.3, 0.4) is 0 Å². The lowest BCUT2D eigenvalue weighted by molar-refractivity contribution is -0.133. The first-order valence-electron chi connectivity index (χ1n) is 9.73. The highest BCUT2D eigenvalue weighted by Gasteiger charge is 2.28. The zero-order valence-electron chi connectivity index (χ0n) is 16.3. The second kappa shape index (κ2) is 13.6. The number of unbranched alkanes of at least 4 members (excludes halogenated alkanes) is 2. The summed E-state index contributed by atoms with van der Waals surface area (Å²) in [5.74, 6) is 2.57. The molecule has 1 heterocycles. The Morgan fingerprint density at radius 3 is 2.81 bits per heavy atom. The first kappa shape index (κ1) is 22.5. The third-order valence-corrected chi connectivity index (χ3v) is 4.37. The van der Waals surface area contributed by atoms with E-state index in [1.165, 1.54) is 0 Å². The number of likely N-dealkylation sites (tertiary alicyclic amines) is 1. The van der Waals surface area contributed by atoms with Crippen LogP contribution >= 0.6 is 0 Å². The number of amides is 2. The molecule has 1 aliphatic rings. The molecule has 0 spiro atoms. The first-order valence-corrected chi connectivity index (χ1v) is 9.73. The van der Waals surface area contributed by atoms with Gasteiger partial charge in [-0.15, -0.1) is 6.42 Å². The zero-order chi connectivity index (χ0) is 19.2. The molecule has 1 aliphatic heterocycles. The number of hydrogen-bond acceptors (Lipinski definition) is 4. The van der Waals surface area contributed by atoms with Gasteiger partial charge in [0.25, 0.3) is 0 Å². The summed E-state index contributed by atoms with van der Waals surface area (Å²) in [6, 6.07) is 0.237. The summed E-state index contributed by atoms with van der Waals surface area (Å²) in [7, 11) is 0. The quantitative estimate of drug-likeness (QED) is 0.400. The molecule has 0 aromatic carbocycles. The van der Waals surface area contributed by atoms with Gasteiger partial charge in [0.1, 0.15) is 6.61 Å². The van der Waals surface area contributed by atoms with Crippen molar-refractivity contribution in [3.63, 3.8) is 0 Å². The van der Waals surface area contributed by atoms with Crippen molar-refractivity contribution >= 4 is 11.8 Å².